The molecule has 0 spiro atoms. The number of sulfonamides is 1. The van der Waals surface area contributed by atoms with E-state index in [1.807, 2.05) is 13.0 Å². The average molecular weight is 424 g/mol. The smallest absolute Gasteiger partial charge is 0.243 e. The standard InChI is InChI=1S/C20H29N3O3S2/c1-15-14-27-19-6-5-17(13-18(19)21-20(15)24)28(25,26)23-11-7-16(8-12-23)22-9-3-2-4-10-22/h5-6,13,15-16H,2-4,7-12,14H2,1H3,(H,21,24)/t15-/m0/s1. The normalized spacial score (nSPS) is 25.8. The zero-order valence-electron chi connectivity index (χ0n) is 16.4. The first-order valence-corrected chi connectivity index (χ1v) is 12.7. The maximum atomic E-state index is 13.2. The monoisotopic (exact) mass is 423 g/mol. The number of fused-ring (bicyclic) bond motifs is 1. The Labute approximate surface area is 172 Å². The molecule has 0 radical (unpaired) electrons. The SMILES string of the molecule is C[C@H]1CSc2ccc(S(=O)(=O)N3CCC(N4CCCCC4)CC3)cc2NC1=O. The number of carbonyl (C=O) groups excluding carboxylic acids is 1. The third-order valence-corrected chi connectivity index (χ3v) is 9.34. The molecule has 28 heavy (non-hydrogen) atoms. The van der Waals surface area contributed by atoms with Gasteiger partial charge in [0.15, 0.2) is 0 Å². The predicted octanol–water partition coefficient (Wildman–Crippen LogP) is 3.01. The molecule has 8 heteroatoms. The maximum absolute atomic E-state index is 13.2. The molecule has 0 bridgehead atoms. The lowest BCUT2D eigenvalue weighted by atomic mass is 10.0. The first-order valence-electron chi connectivity index (χ1n) is 10.3. The summed E-state index contributed by atoms with van der Waals surface area (Å²) in [5.74, 6) is 0.559. The molecule has 1 aromatic rings. The van der Waals surface area contributed by atoms with Crippen molar-refractivity contribution >= 4 is 33.4 Å². The van der Waals surface area contributed by atoms with Crippen molar-refractivity contribution in [3.63, 3.8) is 0 Å². The first kappa shape index (κ1) is 20.2. The number of anilines is 1. The highest BCUT2D eigenvalue weighted by Crippen LogP contribution is 2.35. The lowest BCUT2D eigenvalue weighted by molar-refractivity contribution is -0.118. The van der Waals surface area contributed by atoms with Gasteiger partial charge in [-0.25, -0.2) is 8.42 Å². The van der Waals surface area contributed by atoms with E-state index >= 15 is 0 Å². The Kier molecular flexibility index (Phi) is 6.01. The summed E-state index contributed by atoms with van der Waals surface area (Å²) in [6, 6.07) is 5.65. The third-order valence-electron chi connectivity index (χ3n) is 6.11. The van der Waals surface area contributed by atoms with Crippen LogP contribution in [0.5, 0.6) is 0 Å². The van der Waals surface area contributed by atoms with Crippen LogP contribution in [0.1, 0.15) is 39.0 Å². The van der Waals surface area contributed by atoms with Crippen molar-refractivity contribution in [2.75, 3.05) is 37.2 Å². The number of piperidine rings is 2. The number of likely N-dealkylation sites (tertiary alicyclic amines) is 1. The van der Waals surface area contributed by atoms with Crippen molar-refractivity contribution in [1.29, 1.82) is 0 Å². The molecule has 4 rings (SSSR count). The summed E-state index contributed by atoms with van der Waals surface area (Å²) in [5.41, 5.74) is 0.614. The zero-order chi connectivity index (χ0) is 19.7. The molecule has 1 amide bonds. The van der Waals surface area contributed by atoms with E-state index in [2.05, 4.69) is 10.2 Å². The number of amides is 1. The molecule has 0 aromatic heterocycles. The molecule has 3 heterocycles. The minimum absolute atomic E-state index is 0.0526. The van der Waals surface area contributed by atoms with Gasteiger partial charge in [-0.3, -0.25) is 4.79 Å². The van der Waals surface area contributed by atoms with Gasteiger partial charge in [-0.05, 0) is 57.0 Å². The molecule has 0 saturated carbocycles. The molecule has 6 nitrogen and oxygen atoms in total. The van der Waals surface area contributed by atoms with Crippen LogP contribution in [-0.2, 0) is 14.8 Å². The minimum Gasteiger partial charge on any atom is -0.325 e. The number of nitrogens with one attached hydrogen (secondary N) is 1. The number of thioether (sulfide) groups is 1. The van der Waals surface area contributed by atoms with Crippen molar-refractivity contribution in [3.05, 3.63) is 18.2 Å². The molecule has 1 N–H and O–H groups in total. The van der Waals surface area contributed by atoms with Gasteiger partial charge in [0.2, 0.25) is 15.9 Å². The summed E-state index contributed by atoms with van der Waals surface area (Å²) in [4.78, 5) is 15.9. The Morgan fingerprint density at radius 1 is 1.07 bits per heavy atom. The van der Waals surface area contributed by atoms with Crippen molar-refractivity contribution in [3.8, 4) is 0 Å². The van der Waals surface area contributed by atoms with E-state index in [1.165, 1.54) is 19.3 Å². The Balaban J connectivity index is 1.47. The number of rotatable bonds is 3. The molecular formula is C20H29N3O3S2. The lowest BCUT2D eigenvalue weighted by Crippen LogP contribution is -2.48. The van der Waals surface area contributed by atoms with Crippen LogP contribution in [0, 0.1) is 5.92 Å². The second kappa shape index (κ2) is 8.34. The van der Waals surface area contributed by atoms with Gasteiger partial charge in [0, 0.05) is 35.7 Å². The Morgan fingerprint density at radius 3 is 2.50 bits per heavy atom. The van der Waals surface area contributed by atoms with Gasteiger partial charge < -0.3 is 10.2 Å². The minimum atomic E-state index is -3.54. The Morgan fingerprint density at radius 2 is 1.79 bits per heavy atom. The fourth-order valence-electron chi connectivity index (χ4n) is 4.32. The highest BCUT2D eigenvalue weighted by atomic mass is 32.2. The maximum Gasteiger partial charge on any atom is 0.243 e. The third kappa shape index (κ3) is 4.10. The van der Waals surface area contributed by atoms with Gasteiger partial charge in [-0.15, -0.1) is 11.8 Å². The number of nitrogens with zero attached hydrogens (tertiary/aromatic N) is 2. The number of benzene rings is 1. The van der Waals surface area contributed by atoms with Crippen LogP contribution in [0.4, 0.5) is 5.69 Å². The van der Waals surface area contributed by atoms with E-state index < -0.39 is 10.0 Å². The molecule has 1 atom stereocenters. The molecule has 0 unspecified atom stereocenters. The first-order chi connectivity index (χ1) is 13.4. The number of hydrogen-bond donors (Lipinski definition) is 1. The van der Waals surface area contributed by atoms with Gasteiger partial charge in [0.1, 0.15) is 0 Å². The van der Waals surface area contributed by atoms with Crippen LogP contribution in [0.3, 0.4) is 0 Å². The molecular weight excluding hydrogens is 394 g/mol. The van der Waals surface area contributed by atoms with E-state index in [1.54, 1.807) is 28.2 Å². The van der Waals surface area contributed by atoms with Crippen LogP contribution in [0.2, 0.25) is 0 Å². The van der Waals surface area contributed by atoms with Gasteiger partial charge in [0.05, 0.1) is 10.6 Å². The fraction of sp³-hybridized carbons (Fsp3) is 0.650. The second-order valence-corrected chi connectivity index (χ2v) is 11.1. The van der Waals surface area contributed by atoms with E-state index in [0.717, 1.165) is 30.8 Å². The lowest BCUT2D eigenvalue weighted by Gasteiger charge is -2.39. The van der Waals surface area contributed by atoms with Crippen molar-refractivity contribution < 1.29 is 13.2 Å². The highest BCUT2D eigenvalue weighted by Gasteiger charge is 2.32. The summed E-state index contributed by atoms with van der Waals surface area (Å²) in [6.07, 6.45) is 5.63. The highest BCUT2D eigenvalue weighted by molar-refractivity contribution is 7.99. The molecule has 2 saturated heterocycles. The number of hydrogen-bond acceptors (Lipinski definition) is 5. The average Bonchev–Trinajstić information content (AvgIpc) is 2.86. The van der Waals surface area contributed by atoms with Crippen LogP contribution in [0.25, 0.3) is 0 Å². The van der Waals surface area contributed by atoms with E-state index in [0.29, 0.717) is 30.6 Å². The van der Waals surface area contributed by atoms with Crippen molar-refractivity contribution in [2.24, 2.45) is 5.92 Å². The van der Waals surface area contributed by atoms with Gasteiger partial charge in [0.25, 0.3) is 0 Å². The van der Waals surface area contributed by atoms with Gasteiger partial charge in [-0.2, -0.15) is 4.31 Å². The van der Waals surface area contributed by atoms with E-state index in [-0.39, 0.29) is 16.7 Å². The molecule has 3 aliphatic rings. The van der Waals surface area contributed by atoms with E-state index in [4.69, 9.17) is 0 Å². The Bertz CT molecular complexity index is 829. The predicted molar refractivity (Wildman–Crippen MR) is 112 cm³/mol. The Hall–Kier alpha value is -1.09. The molecule has 1 aromatic carbocycles. The summed E-state index contributed by atoms with van der Waals surface area (Å²) >= 11 is 1.60. The van der Waals surface area contributed by atoms with Crippen LogP contribution in [0.15, 0.2) is 28.0 Å². The molecule has 154 valence electrons. The summed E-state index contributed by atoms with van der Waals surface area (Å²) in [7, 11) is -3.54. The molecule has 3 aliphatic heterocycles. The van der Waals surface area contributed by atoms with Gasteiger partial charge in [-0.1, -0.05) is 13.3 Å². The summed E-state index contributed by atoms with van der Waals surface area (Å²) < 4.78 is 28.0. The summed E-state index contributed by atoms with van der Waals surface area (Å²) in [5, 5.41) is 2.89. The second-order valence-electron chi connectivity index (χ2n) is 8.09. The topological polar surface area (TPSA) is 69.7 Å². The van der Waals surface area contributed by atoms with Crippen LogP contribution < -0.4 is 5.32 Å². The van der Waals surface area contributed by atoms with Crippen LogP contribution in [-0.4, -0.2) is 61.5 Å². The van der Waals surface area contributed by atoms with Crippen molar-refractivity contribution in [1.82, 2.24) is 9.21 Å². The number of carbonyl (C=O) groups is 1. The van der Waals surface area contributed by atoms with Gasteiger partial charge >= 0.3 is 0 Å². The van der Waals surface area contributed by atoms with Crippen LogP contribution >= 0.6 is 11.8 Å². The summed E-state index contributed by atoms with van der Waals surface area (Å²) in [6.45, 7) is 5.33. The fourth-order valence-corrected chi connectivity index (χ4v) is 6.83. The quantitative estimate of drug-likeness (QED) is 0.809. The molecule has 0 aliphatic carbocycles. The van der Waals surface area contributed by atoms with E-state index in [9.17, 15) is 13.2 Å². The molecule has 2 fully saturated rings. The van der Waals surface area contributed by atoms with Crippen molar-refractivity contribution in [2.45, 2.75) is 54.9 Å². The largest absolute Gasteiger partial charge is 0.325 e. The zero-order valence-corrected chi connectivity index (χ0v) is 18.0.